The number of halogens is 1. The van der Waals surface area contributed by atoms with E-state index in [0.29, 0.717) is 12.2 Å². The molecule has 4 aromatic heterocycles. The second kappa shape index (κ2) is 5.91. The van der Waals surface area contributed by atoms with Crippen LogP contribution in [0.15, 0.2) is 67.3 Å². The second-order valence-electron chi connectivity index (χ2n) is 6.38. The summed E-state index contributed by atoms with van der Waals surface area (Å²) in [5.41, 5.74) is 11.9. The first-order valence-electron chi connectivity index (χ1n) is 8.46. The largest absolute Gasteiger partial charge is 0.398 e. The van der Waals surface area contributed by atoms with Gasteiger partial charge in [0.1, 0.15) is 17.0 Å². The van der Waals surface area contributed by atoms with Gasteiger partial charge in [0, 0.05) is 23.6 Å². The van der Waals surface area contributed by atoms with Gasteiger partial charge in [-0.2, -0.15) is 5.10 Å². The topological polar surface area (TPSA) is 74.0 Å². The third-order valence-corrected chi connectivity index (χ3v) is 4.59. The number of nitrogen functional groups attached to an aromatic ring is 1. The van der Waals surface area contributed by atoms with Crippen molar-refractivity contribution in [2.45, 2.75) is 6.54 Å². The van der Waals surface area contributed by atoms with E-state index >= 15 is 0 Å². The molecule has 2 N–H and O–H groups in total. The Morgan fingerprint density at radius 2 is 1.78 bits per heavy atom. The standard InChI is InChI=1S/C20H15FN6/c21-15-3-1-13(2-4-15)14-7-19-18(23-8-14)10-25-27(19)12-17-9-24-20-6-5-16(22)11-26(17)20/h1-11H,12,22H2. The van der Waals surface area contributed by atoms with Crippen LogP contribution >= 0.6 is 0 Å². The van der Waals surface area contributed by atoms with Gasteiger partial charge in [0.15, 0.2) is 0 Å². The molecule has 1 aromatic carbocycles. The Balaban J connectivity index is 1.57. The van der Waals surface area contributed by atoms with Gasteiger partial charge in [-0.25, -0.2) is 9.37 Å². The Labute approximate surface area is 153 Å². The first-order chi connectivity index (χ1) is 13.2. The van der Waals surface area contributed by atoms with E-state index in [1.54, 1.807) is 24.5 Å². The fourth-order valence-electron chi connectivity index (χ4n) is 3.20. The number of rotatable bonds is 3. The summed E-state index contributed by atoms with van der Waals surface area (Å²) in [6.45, 7) is 0.530. The van der Waals surface area contributed by atoms with Crippen LogP contribution in [-0.4, -0.2) is 24.1 Å². The normalized spacial score (nSPS) is 11.4. The third-order valence-electron chi connectivity index (χ3n) is 4.59. The SMILES string of the molecule is Nc1ccc2ncc(Cn3ncc4ncc(-c5ccc(F)cc5)cc43)n2c1. The van der Waals surface area contributed by atoms with Crippen molar-refractivity contribution in [1.29, 1.82) is 0 Å². The molecule has 5 rings (SSSR count). The van der Waals surface area contributed by atoms with E-state index in [-0.39, 0.29) is 5.82 Å². The monoisotopic (exact) mass is 358 g/mol. The molecular formula is C20H15FN6. The number of aromatic nitrogens is 5. The van der Waals surface area contributed by atoms with Gasteiger partial charge in [-0.15, -0.1) is 0 Å². The zero-order valence-electron chi connectivity index (χ0n) is 14.2. The van der Waals surface area contributed by atoms with Crippen molar-refractivity contribution in [3.63, 3.8) is 0 Å². The highest BCUT2D eigenvalue weighted by Gasteiger charge is 2.10. The summed E-state index contributed by atoms with van der Waals surface area (Å²) in [6.07, 6.45) is 7.18. The quantitative estimate of drug-likeness (QED) is 0.536. The summed E-state index contributed by atoms with van der Waals surface area (Å²) in [4.78, 5) is 8.90. The number of benzene rings is 1. The zero-order valence-corrected chi connectivity index (χ0v) is 14.2. The number of nitrogens with zero attached hydrogens (tertiary/aromatic N) is 5. The van der Waals surface area contributed by atoms with E-state index in [1.165, 1.54) is 12.1 Å². The van der Waals surface area contributed by atoms with Crippen LogP contribution in [0.2, 0.25) is 0 Å². The van der Waals surface area contributed by atoms with Crippen molar-refractivity contribution in [2.24, 2.45) is 0 Å². The lowest BCUT2D eigenvalue weighted by atomic mass is 10.1. The van der Waals surface area contributed by atoms with Gasteiger partial charge < -0.3 is 10.1 Å². The molecule has 27 heavy (non-hydrogen) atoms. The maximum absolute atomic E-state index is 13.2. The van der Waals surface area contributed by atoms with Gasteiger partial charge in [-0.3, -0.25) is 9.67 Å². The molecule has 0 bridgehead atoms. The molecule has 7 heteroatoms. The second-order valence-corrected chi connectivity index (χ2v) is 6.38. The van der Waals surface area contributed by atoms with E-state index < -0.39 is 0 Å². The van der Waals surface area contributed by atoms with Crippen LogP contribution in [0.25, 0.3) is 27.8 Å². The van der Waals surface area contributed by atoms with Crippen LogP contribution in [0.4, 0.5) is 10.1 Å². The first-order valence-corrected chi connectivity index (χ1v) is 8.46. The molecule has 132 valence electrons. The van der Waals surface area contributed by atoms with Crippen LogP contribution in [0, 0.1) is 5.82 Å². The lowest BCUT2D eigenvalue weighted by Gasteiger charge is -2.06. The van der Waals surface area contributed by atoms with Crippen LogP contribution in [0.3, 0.4) is 0 Å². The van der Waals surface area contributed by atoms with E-state index in [4.69, 9.17) is 5.73 Å². The average Bonchev–Trinajstić information content (AvgIpc) is 3.26. The molecule has 0 unspecified atom stereocenters. The van der Waals surface area contributed by atoms with Gasteiger partial charge in [-0.05, 0) is 35.9 Å². The summed E-state index contributed by atoms with van der Waals surface area (Å²) in [7, 11) is 0. The lowest BCUT2D eigenvalue weighted by molar-refractivity contribution is 0.628. The van der Waals surface area contributed by atoms with Crippen molar-refractivity contribution >= 4 is 22.4 Å². The molecule has 0 saturated carbocycles. The smallest absolute Gasteiger partial charge is 0.137 e. The van der Waals surface area contributed by atoms with Crippen molar-refractivity contribution in [2.75, 3.05) is 5.73 Å². The average molecular weight is 358 g/mol. The highest BCUT2D eigenvalue weighted by molar-refractivity contribution is 5.80. The van der Waals surface area contributed by atoms with Gasteiger partial charge in [-0.1, -0.05) is 12.1 Å². The number of imidazole rings is 1. The minimum Gasteiger partial charge on any atom is -0.398 e. The summed E-state index contributed by atoms with van der Waals surface area (Å²) in [5.74, 6) is -0.260. The highest BCUT2D eigenvalue weighted by Crippen LogP contribution is 2.23. The predicted octanol–water partition coefficient (Wildman–Crippen LogP) is 3.52. The Bertz CT molecular complexity index is 1270. The van der Waals surface area contributed by atoms with Crippen LogP contribution in [0.5, 0.6) is 0 Å². The number of hydrogen-bond acceptors (Lipinski definition) is 4. The molecule has 4 heterocycles. The summed E-state index contributed by atoms with van der Waals surface area (Å²) < 4.78 is 17.0. The minimum atomic E-state index is -0.260. The Hall–Kier alpha value is -3.74. The number of fused-ring (bicyclic) bond motifs is 2. The molecule has 0 aliphatic rings. The minimum absolute atomic E-state index is 0.260. The van der Waals surface area contributed by atoms with Crippen LogP contribution in [-0.2, 0) is 6.54 Å². The van der Waals surface area contributed by atoms with Gasteiger partial charge in [0.25, 0.3) is 0 Å². The highest BCUT2D eigenvalue weighted by atomic mass is 19.1. The fourth-order valence-corrected chi connectivity index (χ4v) is 3.20. The lowest BCUT2D eigenvalue weighted by Crippen LogP contribution is -2.05. The van der Waals surface area contributed by atoms with Gasteiger partial charge in [0.2, 0.25) is 0 Å². The van der Waals surface area contributed by atoms with Crippen molar-refractivity contribution in [1.82, 2.24) is 24.1 Å². The molecular weight excluding hydrogens is 343 g/mol. The van der Waals surface area contributed by atoms with Crippen molar-refractivity contribution in [3.05, 3.63) is 78.8 Å². The third kappa shape index (κ3) is 2.69. The molecule has 0 fully saturated rings. The fraction of sp³-hybridized carbons (Fsp3) is 0.0500. The van der Waals surface area contributed by atoms with Crippen LogP contribution in [0.1, 0.15) is 5.69 Å². The molecule has 0 aliphatic carbocycles. The molecule has 6 nitrogen and oxygen atoms in total. The van der Waals surface area contributed by atoms with E-state index in [0.717, 1.165) is 33.5 Å². The van der Waals surface area contributed by atoms with Crippen molar-refractivity contribution < 1.29 is 4.39 Å². The maximum Gasteiger partial charge on any atom is 0.137 e. The Kier molecular flexibility index (Phi) is 3.39. The number of hydrogen-bond donors (Lipinski definition) is 1. The molecule has 0 aliphatic heterocycles. The molecule has 0 atom stereocenters. The molecule has 0 amide bonds. The Morgan fingerprint density at radius 1 is 0.926 bits per heavy atom. The maximum atomic E-state index is 13.2. The van der Waals surface area contributed by atoms with E-state index in [2.05, 4.69) is 15.1 Å². The summed E-state index contributed by atoms with van der Waals surface area (Å²) in [6, 6.07) is 12.1. The van der Waals surface area contributed by atoms with Crippen LogP contribution < -0.4 is 5.73 Å². The predicted molar refractivity (Wildman–Crippen MR) is 102 cm³/mol. The molecule has 0 radical (unpaired) electrons. The van der Waals surface area contributed by atoms with Crippen molar-refractivity contribution in [3.8, 4) is 11.1 Å². The first kappa shape index (κ1) is 15.5. The number of anilines is 1. The summed E-state index contributed by atoms with van der Waals surface area (Å²) in [5, 5.41) is 4.47. The van der Waals surface area contributed by atoms with E-state index in [9.17, 15) is 4.39 Å². The van der Waals surface area contributed by atoms with Gasteiger partial charge in [0.05, 0.1) is 30.1 Å². The molecule has 0 spiro atoms. The number of pyridine rings is 2. The summed E-state index contributed by atoms with van der Waals surface area (Å²) >= 11 is 0. The molecule has 5 aromatic rings. The number of nitrogens with two attached hydrogens (primary N) is 1. The Morgan fingerprint density at radius 3 is 2.63 bits per heavy atom. The molecule has 0 saturated heterocycles. The zero-order chi connectivity index (χ0) is 18.4. The van der Waals surface area contributed by atoms with E-state index in [1.807, 2.05) is 39.7 Å². The van der Waals surface area contributed by atoms with Gasteiger partial charge >= 0.3 is 0 Å².